The lowest BCUT2D eigenvalue weighted by Crippen LogP contribution is -2.32. The van der Waals surface area contributed by atoms with E-state index in [1.54, 1.807) is 25.3 Å². The molecule has 0 aliphatic carbocycles. The molecule has 0 aromatic heterocycles. The van der Waals surface area contributed by atoms with Gasteiger partial charge in [0, 0.05) is 0 Å². The SMILES string of the molecule is COc1ccccc1OCCN1C(=O)S/C(=C\c2ccc(OCc3cccc4ccccc34)c(Br)c2)C1=O. The molecule has 2 amide bonds. The van der Waals surface area contributed by atoms with Crippen LogP contribution in [0.4, 0.5) is 4.79 Å². The molecular weight excluding hydrogens is 566 g/mol. The van der Waals surface area contributed by atoms with Crippen molar-refractivity contribution in [3.8, 4) is 17.2 Å². The predicted molar refractivity (Wildman–Crippen MR) is 154 cm³/mol. The number of para-hydroxylation sites is 2. The zero-order valence-electron chi connectivity index (χ0n) is 20.6. The van der Waals surface area contributed by atoms with Crippen LogP contribution < -0.4 is 14.2 Å². The molecule has 0 unspecified atom stereocenters. The van der Waals surface area contributed by atoms with Crippen LogP contribution in [0.15, 0.2) is 94.3 Å². The Hall–Kier alpha value is -3.75. The average molecular weight is 590 g/mol. The number of nitrogens with zero attached hydrogens (tertiary/aromatic N) is 1. The van der Waals surface area contributed by atoms with Crippen molar-refractivity contribution >= 4 is 55.7 Å². The van der Waals surface area contributed by atoms with Crippen molar-refractivity contribution < 1.29 is 23.8 Å². The number of hydrogen-bond donors (Lipinski definition) is 0. The maximum atomic E-state index is 12.9. The summed E-state index contributed by atoms with van der Waals surface area (Å²) >= 11 is 4.50. The first-order valence-electron chi connectivity index (χ1n) is 11.9. The predicted octanol–water partition coefficient (Wildman–Crippen LogP) is 7.31. The van der Waals surface area contributed by atoms with Crippen LogP contribution in [-0.2, 0) is 11.4 Å². The average Bonchev–Trinajstić information content (AvgIpc) is 3.20. The first-order valence-corrected chi connectivity index (χ1v) is 13.5. The van der Waals surface area contributed by atoms with E-state index in [0.29, 0.717) is 28.8 Å². The maximum absolute atomic E-state index is 12.9. The number of carbonyl (C=O) groups excluding carboxylic acids is 2. The quantitative estimate of drug-likeness (QED) is 0.191. The topological polar surface area (TPSA) is 65.1 Å². The van der Waals surface area contributed by atoms with Crippen LogP contribution in [-0.4, -0.2) is 36.3 Å². The first kappa shape index (κ1) is 25.9. The second-order valence-electron chi connectivity index (χ2n) is 8.45. The molecular formula is C30H24BrNO5S. The Morgan fingerprint density at radius 3 is 2.45 bits per heavy atom. The van der Waals surface area contributed by atoms with E-state index in [2.05, 4.69) is 40.2 Å². The first-order chi connectivity index (χ1) is 18.5. The summed E-state index contributed by atoms with van der Waals surface area (Å²) in [6.07, 6.45) is 1.71. The molecule has 8 heteroatoms. The number of thioether (sulfide) groups is 1. The molecule has 0 radical (unpaired) electrons. The summed E-state index contributed by atoms with van der Waals surface area (Å²) in [5, 5.41) is 2.01. The third-order valence-corrected chi connectivity index (χ3v) is 7.56. The molecule has 38 heavy (non-hydrogen) atoms. The molecule has 0 N–H and O–H groups in total. The van der Waals surface area contributed by atoms with E-state index in [1.165, 1.54) is 10.3 Å². The normalized spacial score (nSPS) is 14.4. The molecule has 192 valence electrons. The Kier molecular flexibility index (Phi) is 8.00. The van der Waals surface area contributed by atoms with E-state index >= 15 is 0 Å². The van der Waals surface area contributed by atoms with Gasteiger partial charge in [-0.2, -0.15) is 0 Å². The van der Waals surface area contributed by atoms with Gasteiger partial charge in [-0.3, -0.25) is 14.5 Å². The smallest absolute Gasteiger partial charge is 0.293 e. The van der Waals surface area contributed by atoms with E-state index in [9.17, 15) is 9.59 Å². The Balaban J connectivity index is 1.22. The van der Waals surface area contributed by atoms with Crippen molar-refractivity contribution in [3.05, 3.63) is 105 Å². The van der Waals surface area contributed by atoms with E-state index < -0.39 is 0 Å². The summed E-state index contributed by atoms with van der Waals surface area (Å²) in [7, 11) is 1.56. The van der Waals surface area contributed by atoms with Crippen molar-refractivity contribution in [2.75, 3.05) is 20.3 Å². The number of benzene rings is 4. The van der Waals surface area contributed by atoms with Gasteiger partial charge in [0.25, 0.3) is 11.1 Å². The van der Waals surface area contributed by atoms with Gasteiger partial charge >= 0.3 is 0 Å². The van der Waals surface area contributed by atoms with Crippen LogP contribution in [0.2, 0.25) is 0 Å². The molecule has 1 aliphatic heterocycles. The van der Waals surface area contributed by atoms with Crippen molar-refractivity contribution in [1.29, 1.82) is 0 Å². The minimum absolute atomic E-state index is 0.144. The van der Waals surface area contributed by atoms with Gasteiger partial charge in [-0.15, -0.1) is 0 Å². The van der Waals surface area contributed by atoms with Gasteiger partial charge in [0.2, 0.25) is 0 Å². The van der Waals surface area contributed by atoms with Crippen molar-refractivity contribution in [1.82, 2.24) is 4.90 Å². The van der Waals surface area contributed by atoms with Crippen LogP contribution in [0.1, 0.15) is 11.1 Å². The number of halogens is 1. The fourth-order valence-corrected chi connectivity index (χ4v) is 5.50. The monoisotopic (exact) mass is 589 g/mol. The van der Waals surface area contributed by atoms with Crippen LogP contribution in [0.25, 0.3) is 16.8 Å². The summed E-state index contributed by atoms with van der Waals surface area (Å²) < 4.78 is 17.8. The van der Waals surface area contributed by atoms with Gasteiger partial charge in [0.05, 0.1) is 23.0 Å². The standard InChI is InChI=1S/C30H24BrNO5S/c1-35-26-11-4-5-12-27(26)36-16-15-32-29(33)28(38-30(32)34)18-20-13-14-25(24(31)17-20)37-19-22-9-6-8-21-7-2-3-10-23(21)22/h2-14,17-18H,15-16,19H2,1H3/b28-18-. The van der Waals surface area contributed by atoms with E-state index in [-0.39, 0.29) is 24.3 Å². The molecule has 1 aliphatic rings. The lowest BCUT2D eigenvalue weighted by molar-refractivity contribution is -0.123. The summed E-state index contributed by atoms with van der Waals surface area (Å²) in [5.74, 6) is 1.51. The summed E-state index contributed by atoms with van der Waals surface area (Å²) in [6.45, 7) is 0.736. The van der Waals surface area contributed by atoms with Crippen molar-refractivity contribution in [3.63, 3.8) is 0 Å². The maximum Gasteiger partial charge on any atom is 0.293 e. The van der Waals surface area contributed by atoms with E-state index in [1.807, 2.05) is 48.5 Å². The fourth-order valence-electron chi connectivity index (χ4n) is 4.13. The van der Waals surface area contributed by atoms with Crippen LogP contribution in [0, 0.1) is 0 Å². The molecule has 0 atom stereocenters. The van der Waals surface area contributed by atoms with Gasteiger partial charge < -0.3 is 14.2 Å². The molecule has 4 aromatic rings. The van der Waals surface area contributed by atoms with Gasteiger partial charge in [0.15, 0.2) is 11.5 Å². The van der Waals surface area contributed by atoms with Crippen molar-refractivity contribution in [2.45, 2.75) is 6.61 Å². The summed E-state index contributed by atoms with van der Waals surface area (Å²) in [6, 6.07) is 27.2. The molecule has 5 rings (SSSR count). The number of rotatable bonds is 9. The summed E-state index contributed by atoms with van der Waals surface area (Å²) in [5.41, 5.74) is 1.88. The molecule has 0 saturated carbocycles. The molecule has 1 fully saturated rings. The number of ether oxygens (including phenoxy) is 3. The van der Waals surface area contributed by atoms with Gasteiger partial charge in [0.1, 0.15) is 19.0 Å². The Labute approximate surface area is 233 Å². The van der Waals surface area contributed by atoms with Crippen LogP contribution in [0.5, 0.6) is 17.2 Å². The number of methoxy groups -OCH3 is 1. The number of fused-ring (bicyclic) bond motifs is 1. The Bertz CT molecular complexity index is 1530. The minimum atomic E-state index is -0.337. The van der Waals surface area contributed by atoms with Crippen molar-refractivity contribution in [2.24, 2.45) is 0 Å². The van der Waals surface area contributed by atoms with Crippen LogP contribution in [0.3, 0.4) is 0 Å². The molecule has 1 heterocycles. The zero-order valence-corrected chi connectivity index (χ0v) is 23.0. The third-order valence-electron chi connectivity index (χ3n) is 6.03. The highest BCUT2D eigenvalue weighted by molar-refractivity contribution is 9.10. The van der Waals surface area contributed by atoms with Gasteiger partial charge in [-0.05, 0) is 79.9 Å². The van der Waals surface area contributed by atoms with Gasteiger partial charge in [-0.1, -0.05) is 60.7 Å². The van der Waals surface area contributed by atoms with Crippen LogP contribution >= 0.6 is 27.7 Å². The number of hydrogen-bond acceptors (Lipinski definition) is 6. The van der Waals surface area contributed by atoms with E-state index in [0.717, 1.165) is 32.7 Å². The Morgan fingerprint density at radius 1 is 0.868 bits per heavy atom. The zero-order chi connectivity index (χ0) is 26.5. The second kappa shape index (κ2) is 11.8. The molecule has 6 nitrogen and oxygen atoms in total. The lowest BCUT2D eigenvalue weighted by atomic mass is 10.1. The number of amides is 2. The number of imide groups is 1. The second-order valence-corrected chi connectivity index (χ2v) is 10.3. The third kappa shape index (κ3) is 5.71. The molecule has 1 saturated heterocycles. The molecule has 0 spiro atoms. The fraction of sp³-hybridized carbons (Fsp3) is 0.133. The Morgan fingerprint density at radius 2 is 1.63 bits per heavy atom. The summed E-state index contributed by atoms with van der Waals surface area (Å²) in [4.78, 5) is 27.0. The molecule has 0 bridgehead atoms. The van der Waals surface area contributed by atoms with E-state index in [4.69, 9.17) is 14.2 Å². The highest BCUT2D eigenvalue weighted by Crippen LogP contribution is 2.34. The molecule has 4 aromatic carbocycles. The minimum Gasteiger partial charge on any atom is -0.493 e. The highest BCUT2D eigenvalue weighted by atomic mass is 79.9. The highest BCUT2D eigenvalue weighted by Gasteiger charge is 2.34. The number of carbonyl (C=O) groups is 2. The lowest BCUT2D eigenvalue weighted by Gasteiger charge is -2.14. The largest absolute Gasteiger partial charge is 0.493 e. The van der Waals surface area contributed by atoms with Gasteiger partial charge in [-0.25, -0.2) is 0 Å².